The van der Waals surface area contributed by atoms with Gasteiger partial charge in [-0.2, -0.15) is 18.3 Å². The summed E-state index contributed by atoms with van der Waals surface area (Å²) < 4.78 is 67.1. The summed E-state index contributed by atoms with van der Waals surface area (Å²) in [5.74, 6) is 0.148. The van der Waals surface area contributed by atoms with Gasteiger partial charge in [0.2, 0.25) is 5.91 Å². The van der Waals surface area contributed by atoms with E-state index in [1.165, 1.54) is 17.3 Å². The number of carbonyl (C=O) groups is 1. The lowest BCUT2D eigenvalue weighted by Crippen LogP contribution is -2.45. The predicted octanol–water partition coefficient (Wildman–Crippen LogP) is 3.53. The molecule has 1 spiro atoms. The number of piperidine rings is 1. The zero-order valence-corrected chi connectivity index (χ0v) is 17.8. The van der Waals surface area contributed by atoms with Gasteiger partial charge in [0, 0.05) is 25.8 Å². The van der Waals surface area contributed by atoms with Crippen LogP contribution < -0.4 is 9.80 Å². The maximum absolute atomic E-state index is 13.5. The van der Waals surface area contributed by atoms with Crippen LogP contribution in [0, 0.1) is 5.41 Å². The first-order valence-corrected chi connectivity index (χ1v) is 10.7. The summed E-state index contributed by atoms with van der Waals surface area (Å²) in [4.78, 5) is 28.9. The fourth-order valence-electron chi connectivity index (χ4n) is 4.78. The average Bonchev–Trinajstić information content (AvgIpc) is 3.34. The molecule has 1 amide bonds. The van der Waals surface area contributed by atoms with Crippen LogP contribution in [0.4, 0.5) is 33.5 Å². The van der Waals surface area contributed by atoms with E-state index in [0.29, 0.717) is 43.7 Å². The Labute approximate surface area is 190 Å². The molecule has 34 heavy (non-hydrogen) atoms. The molecule has 3 aromatic heterocycles. The monoisotopic (exact) mass is 481 g/mol. The summed E-state index contributed by atoms with van der Waals surface area (Å²) in [6.07, 6.45) is -0.822. The highest BCUT2D eigenvalue weighted by molar-refractivity contribution is 6.00. The molecule has 0 aliphatic carbocycles. The third-order valence-corrected chi connectivity index (χ3v) is 6.60. The largest absolute Gasteiger partial charge is 0.418 e. The Balaban J connectivity index is 1.33. The van der Waals surface area contributed by atoms with Crippen LogP contribution in [0.1, 0.15) is 24.8 Å². The zero-order chi connectivity index (χ0) is 24.1. The standard InChI is InChI=1S/C21H20F5N7O/c22-16(23)12-33-18-14(9-29-33)28-11-17(30-18)31-6-2-20(3-7-31)4-8-32(19(20)34)15-10-27-5-1-13(15)21(24,25)26/h1,5,9-11,16H,2-4,6-8,12H2. The van der Waals surface area contributed by atoms with Crippen molar-refractivity contribution in [1.29, 1.82) is 0 Å². The van der Waals surface area contributed by atoms with E-state index in [2.05, 4.69) is 20.1 Å². The van der Waals surface area contributed by atoms with Gasteiger partial charge in [-0.05, 0) is 25.3 Å². The Bertz CT molecular complexity index is 1220. The van der Waals surface area contributed by atoms with Crippen molar-refractivity contribution in [1.82, 2.24) is 24.7 Å². The summed E-state index contributed by atoms with van der Waals surface area (Å²) in [5.41, 5.74) is -1.21. The molecule has 2 aliphatic rings. The Kier molecular flexibility index (Phi) is 5.36. The Morgan fingerprint density at radius 3 is 2.50 bits per heavy atom. The fraction of sp³-hybridized carbons (Fsp3) is 0.476. The number of anilines is 2. The molecule has 5 heterocycles. The van der Waals surface area contributed by atoms with Crippen LogP contribution in [0.3, 0.4) is 0 Å². The second-order valence-electron chi connectivity index (χ2n) is 8.52. The summed E-state index contributed by atoms with van der Waals surface area (Å²) in [5, 5.41) is 3.91. The van der Waals surface area contributed by atoms with Crippen LogP contribution in [0.15, 0.2) is 30.9 Å². The molecule has 2 saturated heterocycles. The maximum Gasteiger partial charge on any atom is 0.418 e. The normalized spacial score (nSPS) is 18.6. The Morgan fingerprint density at radius 1 is 1.06 bits per heavy atom. The average molecular weight is 481 g/mol. The lowest BCUT2D eigenvalue weighted by molar-refractivity contribution is -0.137. The van der Waals surface area contributed by atoms with E-state index in [1.807, 2.05) is 4.90 Å². The minimum atomic E-state index is -4.59. The van der Waals surface area contributed by atoms with Gasteiger partial charge in [-0.15, -0.1) is 0 Å². The summed E-state index contributed by atoms with van der Waals surface area (Å²) in [7, 11) is 0. The van der Waals surface area contributed by atoms with Gasteiger partial charge in [0.15, 0.2) is 5.65 Å². The molecule has 0 saturated carbocycles. The third kappa shape index (κ3) is 3.82. The van der Waals surface area contributed by atoms with Gasteiger partial charge >= 0.3 is 6.18 Å². The molecule has 180 valence electrons. The molecule has 8 nitrogen and oxygen atoms in total. The fourth-order valence-corrected chi connectivity index (χ4v) is 4.78. The van der Waals surface area contributed by atoms with Crippen LogP contribution in [0.5, 0.6) is 0 Å². The SMILES string of the molecule is O=C1N(c2cnccc2C(F)(F)F)CCC12CCN(c1cnc3cnn(CC(F)F)c3n1)CC2. The molecule has 0 atom stereocenters. The van der Waals surface area contributed by atoms with Crippen LogP contribution in [-0.4, -0.2) is 56.7 Å². The van der Waals surface area contributed by atoms with Gasteiger partial charge < -0.3 is 9.80 Å². The van der Waals surface area contributed by atoms with Crippen molar-refractivity contribution in [3.05, 3.63) is 36.4 Å². The summed E-state index contributed by atoms with van der Waals surface area (Å²) in [6, 6.07) is 0.879. The highest BCUT2D eigenvalue weighted by atomic mass is 19.4. The molecule has 2 fully saturated rings. The minimum Gasteiger partial charge on any atom is -0.355 e. The summed E-state index contributed by atoms with van der Waals surface area (Å²) >= 11 is 0. The second-order valence-corrected chi connectivity index (χ2v) is 8.52. The number of halogens is 5. The van der Waals surface area contributed by atoms with E-state index in [9.17, 15) is 26.7 Å². The van der Waals surface area contributed by atoms with Crippen molar-refractivity contribution in [3.63, 3.8) is 0 Å². The molecule has 0 bridgehead atoms. The number of nitrogens with zero attached hydrogens (tertiary/aromatic N) is 7. The lowest BCUT2D eigenvalue weighted by Gasteiger charge is -2.38. The van der Waals surface area contributed by atoms with E-state index in [1.54, 1.807) is 0 Å². The summed E-state index contributed by atoms with van der Waals surface area (Å²) in [6.45, 7) is 0.458. The molecule has 0 unspecified atom stereocenters. The number of pyridine rings is 1. The molecular weight excluding hydrogens is 461 g/mol. The van der Waals surface area contributed by atoms with E-state index in [0.717, 1.165) is 23.1 Å². The molecule has 3 aromatic rings. The van der Waals surface area contributed by atoms with Gasteiger partial charge in [-0.1, -0.05) is 0 Å². The van der Waals surface area contributed by atoms with Gasteiger partial charge in [-0.25, -0.2) is 23.4 Å². The quantitative estimate of drug-likeness (QED) is 0.531. The number of rotatable bonds is 4. The highest BCUT2D eigenvalue weighted by Gasteiger charge is 2.50. The smallest absolute Gasteiger partial charge is 0.355 e. The van der Waals surface area contributed by atoms with E-state index in [4.69, 9.17) is 0 Å². The Morgan fingerprint density at radius 2 is 1.79 bits per heavy atom. The number of fused-ring (bicyclic) bond motifs is 1. The number of amides is 1. The first-order valence-electron chi connectivity index (χ1n) is 10.7. The molecule has 2 aliphatic heterocycles. The molecule has 0 N–H and O–H groups in total. The van der Waals surface area contributed by atoms with E-state index >= 15 is 0 Å². The van der Waals surface area contributed by atoms with Gasteiger partial charge in [0.1, 0.15) is 17.9 Å². The molecule has 0 aromatic carbocycles. The van der Waals surface area contributed by atoms with E-state index in [-0.39, 0.29) is 23.8 Å². The first kappa shape index (κ1) is 22.4. The number of alkyl halides is 5. The van der Waals surface area contributed by atoms with Crippen LogP contribution >= 0.6 is 0 Å². The van der Waals surface area contributed by atoms with Crippen LogP contribution in [0.25, 0.3) is 11.2 Å². The third-order valence-electron chi connectivity index (χ3n) is 6.60. The van der Waals surface area contributed by atoms with Crippen molar-refractivity contribution in [2.24, 2.45) is 5.41 Å². The minimum absolute atomic E-state index is 0.187. The topological polar surface area (TPSA) is 80.0 Å². The van der Waals surface area contributed by atoms with Crippen LogP contribution in [0.2, 0.25) is 0 Å². The number of carbonyl (C=O) groups excluding carboxylic acids is 1. The van der Waals surface area contributed by atoms with Gasteiger partial charge in [0.25, 0.3) is 6.43 Å². The van der Waals surface area contributed by atoms with Crippen molar-refractivity contribution in [2.75, 3.05) is 29.4 Å². The van der Waals surface area contributed by atoms with Gasteiger partial charge in [0.05, 0.1) is 35.3 Å². The van der Waals surface area contributed by atoms with Gasteiger partial charge in [-0.3, -0.25) is 9.78 Å². The first-order chi connectivity index (χ1) is 16.2. The van der Waals surface area contributed by atoms with Crippen LogP contribution in [-0.2, 0) is 17.5 Å². The lowest BCUT2D eigenvalue weighted by atomic mass is 9.77. The molecular formula is C21H20F5N7O. The molecule has 0 radical (unpaired) electrons. The maximum atomic E-state index is 13.5. The highest BCUT2D eigenvalue weighted by Crippen LogP contribution is 2.46. The zero-order valence-electron chi connectivity index (χ0n) is 17.8. The number of hydrogen-bond acceptors (Lipinski definition) is 6. The van der Waals surface area contributed by atoms with Crippen molar-refractivity contribution in [2.45, 2.75) is 38.4 Å². The van der Waals surface area contributed by atoms with E-state index < -0.39 is 30.1 Å². The molecule has 5 rings (SSSR count). The second kappa shape index (κ2) is 8.13. The van der Waals surface area contributed by atoms with Crippen molar-refractivity contribution < 1.29 is 26.7 Å². The van der Waals surface area contributed by atoms with Crippen molar-refractivity contribution in [3.8, 4) is 0 Å². The van der Waals surface area contributed by atoms with Crippen molar-refractivity contribution >= 4 is 28.6 Å². The Hall–Kier alpha value is -3.38. The number of aromatic nitrogens is 5. The molecule has 13 heteroatoms. The predicted molar refractivity (Wildman–Crippen MR) is 111 cm³/mol. The number of hydrogen-bond donors (Lipinski definition) is 0.